The highest BCUT2D eigenvalue weighted by Crippen LogP contribution is 2.25. The standard InChI is InChI=1S/C14H10ClFO2/c15-12-8-11(5-6-13(12)16)10-3-1-9(2-4-10)7-14(17)18/h1-6,8H,7H2,(H,17,18). The zero-order valence-electron chi connectivity index (χ0n) is 9.36. The molecule has 0 atom stereocenters. The Labute approximate surface area is 109 Å². The van der Waals surface area contributed by atoms with Gasteiger partial charge in [0.15, 0.2) is 0 Å². The van der Waals surface area contributed by atoms with Crippen LogP contribution in [-0.4, -0.2) is 11.1 Å². The number of rotatable bonds is 3. The van der Waals surface area contributed by atoms with Gasteiger partial charge in [0.2, 0.25) is 0 Å². The Morgan fingerprint density at radius 2 is 1.72 bits per heavy atom. The molecular formula is C14H10ClFO2. The van der Waals surface area contributed by atoms with Crippen LogP contribution in [0.15, 0.2) is 42.5 Å². The van der Waals surface area contributed by atoms with Crippen LogP contribution in [0.25, 0.3) is 11.1 Å². The predicted molar refractivity (Wildman–Crippen MR) is 68.2 cm³/mol. The van der Waals surface area contributed by atoms with Crippen LogP contribution in [0.2, 0.25) is 5.02 Å². The van der Waals surface area contributed by atoms with Crippen molar-refractivity contribution in [2.75, 3.05) is 0 Å². The highest BCUT2D eigenvalue weighted by molar-refractivity contribution is 6.31. The lowest BCUT2D eigenvalue weighted by atomic mass is 10.0. The van der Waals surface area contributed by atoms with E-state index in [1.807, 2.05) is 0 Å². The maximum Gasteiger partial charge on any atom is 0.307 e. The first-order valence-electron chi connectivity index (χ1n) is 5.32. The Morgan fingerprint density at radius 3 is 2.28 bits per heavy atom. The molecule has 0 aliphatic carbocycles. The van der Waals surface area contributed by atoms with Gasteiger partial charge >= 0.3 is 5.97 Å². The monoisotopic (exact) mass is 264 g/mol. The molecule has 2 rings (SSSR count). The van der Waals surface area contributed by atoms with Gasteiger partial charge in [0.05, 0.1) is 11.4 Å². The molecule has 18 heavy (non-hydrogen) atoms. The van der Waals surface area contributed by atoms with Crippen LogP contribution >= 0.6 is 11.6 Å². The first-order chi connectivity index (χ1) is 8.56. The van der Waals surface area contributed by atoms with Gasteiger partial charge < -0.3 is 5.11 Å². The number of aliphatic carboxylic acids is 1. The number of carboxylic acids is 1. The molecule has 0 unspecified atom stereocenters. The maximum atomic E-state index is 13.0. The lowest BCUT2D eigenvalue weighted by molar-refractivity contribution is -0.136. The van der Waals surface area contributed by atoms with Crippen LogP contribution in [0.4, 0.5) is 4.39 Å². The Hall–Kier alpha value is -1.87. The summed E-state index contributed by atoms with van der Waals surface area (Å²) < 4.78 is 13.0. The van der Waals surface area contributed by atoms with Gasteiger partial charge in [-0.15, -0.1) is 0 Å². The SMILES string of the molecule is O=C(O)Cc1ccc(-c2ccc(F)c(Cl)c2)cc1. The Balaban J connectivity index is 2.28. The van der Waals surface area contributed by atoms with E-state index in [1.165, 1.54) is 6.07 Å². The van der Waals surface area contributed by atoms with Gasteiger partial charge in [-0.05, 0) is 28.8 Å². The molecule has 2 aromatic carbocycles. The largest absolute Gasteiger partial charge is 0.481 e. The highest BCUT2D eigenvalue weighted by atomic mass is 35.5. The van der Waals surface area contributed by atoms with E-state index >= 15 is 0 Å². The fourth-order valence-electron chi connectivity index (χ4n) is 1.67. The minimum atomic E-state index is -0.868. The molecule has 1 N–H and O–H groups in total. The first-order valence-corrected chi connectivity index (χ1v) is 5.70. The third-order valence-corrected chi connectivity index (χ3v) is 2.85. The van der Waals surface area contributed by atoms with E-state index in [1.54, 1.807) is 36.4 Å². The molecule has 92 valence electrons. The molecule has 0 bridgehead atoms. The van der Waals surface area contributed by atoms with Crippen LogP contribution in [-0.2, 0) is 11.2 Å². The molecule has 0 heterocycles. The summed E-state index contributed by atoms with van der Waals surface area (Å²) in [6.45, 7) is 0. The van der Waals surface area contributed by atoms with Gasteiger partial charge in [-0.25, -0.2) is 4.39 Å². The minimum absolute atomic E-state index is 0.00947. The van der Waals surface area contributed by atoms with Gasteiger partial charge in [0.25, 0.3) is 0 Å². The van der Waals surface area contributed by atoms with E-state index in [9.17, 15) is 9.18 Å². The van der Waals surface area contributed by atoms with Crippen molar-refractivity contribution in [3.8, 4) is 11.1 Å². The van der Waals surface area contributed by atoms with Crippen LogP contribution in [0.3, 0.4) is 0 Å². The minimum Gasteiger partial charge on any atom is -0.481 e. The van der Waals surface area contributed by atoms with Crippen molar-refractivity contribution in [3.05, 3.63) is 58.9 Å². The van der Waals surface area contributed by atoms with Crippen molar-refractivity contribution < 1.29 is 14.3 Å². The fourth-order valence-corrected chi connectivity index (χ4v) is 1.85. The zero-order chi connectivity index (χ0) is 13.1. The summed E-state index contributed by atoms with van der Waals surface area (Å²) in [6.07, 6.45) is -0.00947. The zero-order valence-corrected chi connectivity index (χ0v) is 10.1. The second-order valence-electron chi connectivity index (χ2n) is 3.90. The Morgan fingerprint density at radius 1 is 1.11 bits per heavy atom. The number of hydrogen-bond donors (Lipinski definition) is 1. The lowest BCUT2D eigenvalue weighted by Crippen LogP contribution is -1.99. The van der Waals surface area contributed by atoms with Crippen molar-refractivity contribution >= 4 is 17.6 Å². The van der Waals surface area contributed by atoms with Crippen molar-refractivity contribution in [1.82, 2.24) is 0 Å². The van der Waals surface area contributed by atoms with Crippen LogP contribution in [0.5, 0.6) is 0 Å². The van der Waals surface area contributed by atoms with E-state index in [-0.39, 0.29) is 11.4 Å². The summed E-state index contributed by atoms with van der Waals surface area (Å²) in [5.41, 5.74) is 2.38. The molecule has 0 saturated heterocycles. The Kier molecular flexibility index (Phi) is 3.63. The Bertz CT molecular complexity index is 579. The number of carbonyl (C=O) groups is 1. The lowest BCUT2D eigenvalue weighted by Gasteiger charge is -2.04. The van der Waals surface area contributed by atoms with E-state index < -0.39 is 11.8 Å². The topological polar surface area (TPSA) is 37.3 Å². The summed E-state index contributed by atoms with van der Waals surface area (Å²) in [4.78, 5) is 10.5. The average molecular weight is 265 g/mol. The summed E-state index contributed by atoms with van der Waals surface area (Å²) in [6, 6.07) is 11.5. The van der Waals surface area contributed by atoms with Gasteiger partial charge in [0, 0.05) is 0 Å². The predicted octanol–water partition coefficient (Wildman–Crippen LogP) is 3.77. The van der Waals surface area contributed by atoms with Gasteiger partial charge in [-0.3, -0.25) is 4.79 Å². The number of halogens is 2. The fraction of sp³-hybridized carbons (Fsp3) is 0.0714. The smallest absolute Gasteiger partial charge is 0.307 e. The molecule has 0 fully saturated rings. The molecule has 0 radical (unpaired) electrons. The molecule has 2 nitrogen and oxygen atoms in total. The number of hydrogen-bond acceptors (Lipinski definition) is 1. The van der Waals surface area contributed by atoms with Gasteiger partial charge in [-0.1, -0.05) is 41.9 Å². The van der Waals surface area contributed by atoms with Gasteiger partial charge in [0.1, 0.15) is 5.82 Å². The highest BCUT2D eigenvalue weighted by Gasteiger charge is 2.04. The molecule has 0 saturated carbocycles. The third-order valence-electron chi connectivity index (χ3n) is 2.56. The average Bonchev–Trinajstić information content (AvgIpc) is 2.33. The second-order valence-corrected chi connectivity index (χ2v) is 4.30. The summed E-state index contributed by atoms with van der Waals surface area (Å²) in [5.74, 6) is -1.32. The molecule has 0 aliphatic rings. The molecule has 0 aromatic heterocycles. The van der Waals surface area contributed by atoms with E-state index in [2.05, 4.69) is 0 Å². The first kappa shape index (κ1) is 12.6. The molecule has 2 aromatic rings. The van der Waals surface area contributed by atoms with Crippen molar-refractivity contribution in [2.24, 2.45) is 0 Å². The van der Waals surface area contributed by atoms with Crippen LogP contribution in [0, 0.1) is 5.82 Å². The van der Waals surface area contributed by atoms with Crippen molar-refractivity contribution in [2.45, 2.75) is 6.42 Å². The van der Waals surface area contributed by atoms with E-state index in [0.717, 1.165) is 16.7 Å². The van der Waals surface area contributed by atoms with E-state index in [0.29, 0.717) is 0 Å². The normalized spacial score (nSPS) is 10.3. The molecule has 0 aliphatic heterocycles. The summed E-state index contributed by atoms with van der Waals surface area (Å²) >= 11 is 5.71. The van der Waals surface area contributed by atoms with Crippen LogP contribution < -0.4 is 0 Å². The van der Waals surface area contributed by atoms with Gasteiger partial charge in [-0.2, -0.15) is 0 Å². The van der Waals surface area contributed by atoms with Crippen molar-refractivity contribution in [3.63, 3.8) is 0 Å². The molecule has 0 amide bonds. The van der Waals surface area contributed by atoms with E-state index in [4.69, 9.17) is 16.7 Å². The molecule has 4 heteroatoms. The molecule has 0 spiro atoms. The number of carboxylic acid groups (broad SMARTS) is 1. The maximum absolute atomic E-state index is 13.0. The summed E-state index contributed by atoms with van der Waals surface area (Å²) in [5, 5.41) is 8.73. The summed E-state index contributed by atoms with van der Waals surface area (Å²) in [7, 11) is 0. The molecular weight excluding hydrogens is 255 g/mol. The van der Waals surface area contributed by atoms with Crippen LogP contribution in [0.1, 0.15) is 5.56 Å². The van der Waals surface area contributed by atoms with Crippen molar-refractivity contribution in [1.29, 1.82) is 0 Å². The number of benzene rings is 2. The second kappa shape index (κ2) is 5.19. The quantitative estimate of drug-likeness (QED) is 0.916. The third kappa shape index (κ3) is 2.87.